The summed E-state index contributed by atoms with van der Waals surface area (Å²) in [5, 5.41) is 12.3. The maximum Gasteiger partial charge on any atom is 0.227 e. The Labute approximate surface area is 101 Å². The van der Waals surface area contributed by atoms with E-state index >= 15 is 0 Å². The van der Waals surface area contributed by atoms with Crippen molar-refractivity contribution < 1.29 is 4.52 Å². The molecule has 0 aliphatic heterocycles. The molecule has 0 N–H and O–H groups in total. The van der Waals surface area contributed by atoms with E-state index in [1.165, 1.54) is 0 Å². The summed E-state index contributed by atoms with van der Waals surface area (Å²) >= 11 is 3.42. The van der Waals surface area contributed by atoms with Crippen LogP contribution in [0.25, 0.3) is 11.4 Å². The maximum atomic E-state index is 8.45. The standard InChI is InChI=1S/C11H8BrN3O/c12-9-5-2-1-4-8(9)11-14-10(16-15-11)6-3-7-13/h1-2,4-5H,3,6H2. The zero-order valence-electron chi connectivity index (χ0n) is 8.35. The predicted octanol–water partition coefficient (Wildman–Crippen LogP) is 2.96. The Hall–Kier alpha value is -1.67. The molecule has 0 aliphatic rings. The third-order valence-corrected chi connectivity index (χ3v) is 2.73. The highest BCUT2D eigenvalue weighted by atomic mass is 79.9. The Morgan fingerprint density at radius 1 is 1.38 bits per heavy atom. The number of halogens is 1. The highest BCUT2D eigenvalue weighted by molar-refractivity contribution is 9.10. The Balaban J connectivity index is 2.26. The molecule has 2 aromatic rings. The Kier molecular flexibility index (Phi) is 3.32. The fourth-order valence-corrected chi connectivity index (χ4v) is 1.73. The summed E-state index contributed by atoms with van der Waals surface area (Å²) in [6.07, 6.45) is 0.881. The maximum absolute atomic E-state index is 8.45. The summed E-state index contributed by atoms with van der Waals surface area (Å²) in [4.78, 5) is 4.22. The van der Waals surface area contributed by atoms with Crippen LogP contribution >= 0.6 is 15.9 Å². The molecule has 0 fully saturated rings. The lowest BCUT2D eigenvalue weighted by Gasteiger charge is -1.96. The molecule has 2 rings (SSSR count). The minimum absolute atomic E-state index is 0.387. The molecule has 4 nitrogen and oxygen atoms in total. The van der Waals surface area contributed by atoms with Crippen molar-refractivity contribution in [2.45, 2.75) is 12.8 Å². The molecular formula is C11H8BrN3O. The summed E-state index contributed by atoms with van der Waals surface area (Å²) in [7, 11) is 0. The first kappa shape index (κ1) is 10.8. The van der Waals surface area contributed by atoms with E-state index in [1.54, 1.807) is 0 Å². The van der Waals surface area contributed by atoms with E-state index < -0.39 is 0 Å². The van der Waals surface area contributed by atoms with Crippen LogP contribution < -0.4 is 0 Å². The molecule has 1 aromatic carbocycles. The number of nitrogens with zero attached hydrogens (tertiary/aromatic N) is 3. The van der Waals surface area contributed by atoms with E-state index in [4.69, 9.17) is 9.78 Å². The molecular weight excluding hydrogens is 270 g/mol. The van der Waals surface area contributed by atoms with Gasteiger partial charge in [0.2, 0.25) is 11.7 Å². The molecule has 0 spiro atoms. The van der Waals surface area contributed by atoms with Gasteiger partial charge in [0.15, 0.2) is 0 Å². The van der Waals surface area contributed by atoms with Crippen molar-refractivity contribution in [1.82, 2.24) is 10.1 Å². The molecule has 0 unspecified atom stereocenters. The van der Waals surface area contributed by atoms with Gasteiger partial charge in [0.25, 0.3) is 0 Å². The van der Waals surface area contributed by atoms with Gasteiger partial charge in [0.05, 0.1) is 6.07 Å². The molecule has 16 heavy (non-hydrogen) atoms. The normalized spacial score (nSPS) is 10.0. The van der Waals surface area contributed by atoms with Crippen molar-refractivity contribution in [2.75, 3.05) is 0 Å². The van der Waals surface area contributed by atoms with Gasteiger partial charge < -0.3 is 4.52 Å². The first-order chi connectivity index (χ1) is 7.81. The number of hydrogen-bond acceptors (Lipinski definition) is 4. The molecule has 0 atom stereocenters. The third-order valence-electron chi connectivity index (χ3n) is 2.03. The number of benzene rings is 1. The first-order valence-corrected chi connectivity index (χ1v) is 5.55. The van der Waals surface area contributed by atoms with Gasteiger partial charge in [0.1, 0.15) is 0 Å². The second kappa shape index (κ2) is 4.90. The summed E-state index contributed by atoms with van der Waals surface area (Å²) in [5.74, 6) is 1.03. The van der Waals surface area contributed by atoms with E-state index in [1.807, 2.05) is 30.3 Å². The summed E-state index contributed by atoms with van der Waals surface area (Å²) in [6.45, 7) is 0. The van der Waals surface area contributed by atoms with Crippen LogP contribution in [0.4, 0.5) is 0 Å². The topological polar surface area (TPSA) is 62.7 Å². The molecule has 5 heteroatoms. The van der Waals surface area contributed by atoms with Crippen molar-refractivity contribution in [1.29, 1.82) is 5.26 Å². The van der Waals surface area contributed by atoms with E-state index in [-0.39, 0.29) is 0 Å². The fourth-order valence-electron chi connectivity index (χ4n) is 1.27. The van der Waals surface area contributed by atoms with Gasteiger partial charge in [-0.25, -0.2) is 0 Å². The SMILES string of the molecule is N#CCCc1nc(-c2ccccc2Br)no1. The van der Waals surface area contributed by atoms with Crippen LogP contribution in [-0.4, -0.2) is 10.1 Å². The van der Waals surface area contributed by atoms with Crippen molar-refractivity contribution >= 4 is 15.9 Å². The van der Waals surface area contributed by atoms with Gasteiger partial charge in [-0.2, -0.15) is 10.2 Å². The van der Waals surface area contributed by atoms with Crippen molar-refractivity contribution in [3.63, 3.8) is 0 Å². The smallest absolute Gasteiger partial charge is 0.227 e. The van der Waals surface area contributed by atoms with E-state index in [2.05, 4.69) is 26.1 Å². The van der Waals surface area contributed by atoms with Crippen LogP contribution in [-0.2, 0) is 6.42 Å². The number of rotatable bonds is 3. The van der Waals surface area contributed by atoms with Gasteiger partial charge in [-0.1, -0.05) is 33.2 Å². The van der Waals surface area contributed by atoms with Gasteiger partial charge in [-0.05, 0) is 12.1 Å². The molecule has 0 saturated heterocycles. The lowest BCUT2D eigenvalue weighted by Crippen LogP contribution is -1.85. The van der Waals surface area contributed by atoms with Crippen LogP contribution in [0, 0.1) is 11.3 Å². The Bertz CT molecular complexity index is 530. The lowest BCUT2D eigenvalue weighted by molar-refractivity contribution is 0.380. The van der Waals surface area contributed by atoms with Crippen molar-refractivity contribution in [3.8, 4) is 17.5 Å². The van der Waals surface area contributed by atoms with Gasteiger partial charge in [0, 0.05) is 22.9 Å². The van der Waals surface area contributed by atoms with Crippen LogP contribution in [0.15, 0.2) is 33.3 Å². The molecule has 0 bridgehead atoms. The molecule has 1 aromatic heterocycles. The first-order valence-electron chi connectivity index (χ1n) is 4.75. The Morgan fingerprint density at radius 3 is 2.94 bits per heavy atom. The lowest BCUT2D eigenvalue weighted by atomic mass is 10.2. The zero-order valence-corrected chi connectivity index (χ0v) is 9.94. The second-order valence-electron chi connectivity index (χ2n) is 3.15. The average Bonchev–Trinajstić information content (AvgIpc) is 2.75. The van der Waals surface area contributed by atoms with Crippen molar-refractivity contribution in [3.05, 3.63) is 34.6 Å². The number of aryl methyl sites for hydroxylation is 1. The zero-order chi connectivity index (χ0) is 11.4. The van der Waals surface area contributed by atoms with Crippen LogP contribution in [0.5, 0.6) is 0 Å². The monoisotopic (exact) mass is 277 g/mol. The van der Waals surface area contributed by atoms with Crippen LogP contribution in [0.2, 0.25) is 0 Å². The molecule has 0 aliphatic carbocycles. The number of hydrogen-bond donors (Lipinski definition) is 0. The summed E-state index contributed by atoms with van der Waals surface area (Å²) in [6, 6.07) is 9.69. The minimum atomic E-state index is 0.387. The van der Waals surface area contributed by atoms with E-state index in [0.29, 0.717) is 24.6 Å². The predicted molar refractivity (Wildman–Crippen MR) is 61.4 cm³/mol. The number of nitriles is 1. The molecule has 1 heterocycles. The largest absolute Gasteiger partial charge is 0.339 e. The average molecular weight is 278 g/mol. The Morgan fingerprint density at radius 2 is 2.19 bits per heavy atom. The quantitative estimate of drug-likeness (QED) is 0.865. The minimum Gasteiger partial charge on any atom is -0.339 e. The van der Waals surface area contributed by atoms with Crippen LogP contribution in [0.1, 0.15) is 12.3 Å². The molecule has 0 amide bonds. The molecule has 0 saturated carbocycles. The van der Waals surface area contributed by atoms with Crippen molar-refractivity contribution in [2.24, 2.45) is 0 Å². The third kappa shape index (κ3) is 2.28. The van der Waals surface area contributed by atoms with Gasteiger partial charge in [-0.15, -0.1) is 0 Å². The highest BCUT2D eigenvalue weighted by Crippen LogP contribution is 2.25. The van der Waals surface area contributed by atoms with Crippen LogP contribution in [0.3, 0.4) is 0 Å². The summed E-state index contributed by atoms with van der Waals surface area (Å²) < 4.78 is 5.96. The second-order valence-corrected chi connectivity index (χ2v) is 4.00. The fraction of sp³-hybridized carbons (Fsp3) is 0.182. The molecule has 80 valence electrons. The number of aromatic nitrogens is 2. The van der Waals surface area contributed by atoms with E-state index in [9.17, 15) is 0 Å². The van der Waals surface area contributed by atoms with Gasteiger partial charge >= 0.3 is 0 Å². The van der Waals surface area contributed by atoms with E-state index in [0.717, 1.165) is 10.0 Å². The highest BCUT2D eigenvalue weighted by Gasteiger charge is 2.10. The van der Waals surface area contributed by atoms with Gasteiger partial charge in [-0.3, -0.25) is 0 Å². The summed E-state index contributed by atoms with van der Waals surface area (Å²) in [5.41, 5.74) is 0.884. The molecule has 0 radical (unpaired) electrons.